The summed E-state index contributed by atoms with van der Waals surface area (Å²) in [4.78, 5) is 2.34. The van der Waals surface area contributed by atoms with Crippen LogP contribution in [0.2, 0.25) is 0 Å². The Kier molecular flexibility index (Phi) is 4.44. The maximum Gasteiger partial charge on any atom is 0.123 e. The van der Waals surface area contributed by atoms with E-state index in [1.807, 2.05) is 12.1 Å². The SMILES string of the molecule is COc1ccc(CNC2CCCN(C)C2)c(O)c1. The number of nitrogens with one attached hydrogen (secondary N) is 1. The van der Waals surface area contributed by atoms with Crippen molar-refractivity contribution in [2.45, 2.75) is 25.4 Å². The molecule has 1 fully saturated rings. The molecule has 0 saturated carbocycles. The molecule has 1 aliphatic heterocycles. The van der Waals surface area contributed by atoms with Gasteiger partial charge in [-0.3, -0.25) is 0 Å². The van der Waals surface area contributed by atoms with Crippen molar-refractivity contribution in [1.29, 1.82) is 0 Å². The Labute approximate surface area is 109 Å². The minimum atomic E-state index is 0.297. The molecule has 1 aliphatic rings. The van der Waals surface area contributed by atoms with Crippen LogP contribution in [-0.2, 0) is 6.54 Å². The van der Waals surface area contributed by atoms with Gasteiger partial charge < -0.3 is 20.1 Å². The third kappa shape index (κ3) is 3.37. The number of phenolic OH excluding ortho intramolecular Hbond substituents is 1. The lowest BCUT2D eigenvalue weighted by molar-refractivity contribution is 0.226. The van der Waals surface area contributed by atoms with E-state index in [1.165, 1.54) is 19.4 Å². The van der Waals surface area contributed by atoms with Crippen LogP contribution in [0.1, 0.15) is 18.4 Å². The number of nitrogens with zero attached hydrogens (tertiary/aromatic N) is 1. The second-order valence-corrected chi connectivity index (χ2v) is 4.98. The Morgan fingerprint density at radius 3 is 3.00 bits per heavy atom. The van der Waals surface area contributed by atoms with Gasteiger partial charge in [0, 0.05) is 30.8 Å². The number of likely N-dealkylation sites (tertiary alicyclic amines) is 1. The van der Waals surface area contributed by atoms with Crippen LogP contribution in [0.3, 0.4) is 0 Å². The molecule has 1 saturated heterocycles. The first-order valence-corrected chi connectivity index (χ1v) is 6.47. The van der Waals surface area contributed by atoms with Crippen molar-refractivity contribution in [2.75, 3.05) is 27.2 Å². The molecule has 2 rings (SSSR count). The molecular weight excluding hydrogens is 228 g/mol. The molecule has 1 heterocycles. The lowest BCUT2D eigenvalue weighted by Gasteiger charge is -2.30. The zero-order valence-corrected chi connectivity index (χ0v) is 11.1. The normalized spacial score (nSPS) is 20.9. The van der Waals surface area contributed by atoms with Crippen LogP contribution in [0.5, 0.6) is 11.5 Å². The second-order valence-electron chi connectivity index (χ2n) is 4.98. The van der Waals surface area contributed by atoms with Crippen molar-refractivity contribution < 1.29 is 9.84 Å². The van der Waals surface area contributed by atoms with Crippen molar-refractivity contribution in [3.05, 3.63) is 23.8 Å². The van der Waals surface area contributed by atoms with Crippen molar-refractivity contribution in [1.82, 2.24) is 10.2 Å². The Morgan fingerprint density at radius 1 is 1.50 bits per heavy atom. The molecule has 1 atom stereocenters. The van der Waals surface area contributed by atoms with Crippen LogP contribution < -0.4 is 10.1 Å². The Balaban J connectivity index is 1.89. The van der Waals surface area contributed by atoms with Gasteiger partial charge in [0.2, 0.25) is 0 Å². The van der Waals surface area contributed by atoms with E-state index in [1.54, 1.807) is 13.2 Å². The van der Waals surface area contributed by atoms with Gasteiger partial charge in [0.1, 0.15) is 11.5 Å². The summed E-state index contributed by atoms with van der Waals surface area (Å²) in [6, 6.07) is 5.96. The number of likely N-dealkylation sites (N-methyl/N-ethyl adjacent to an activating group) is 1. The minimum Gasteiger partial charge on any atom is -0.507 e. The van der Waals surface area contributed by atoms with Crippen molar-refractivity contribution in [3.63, 3.8) is 0 Å². The molecule has 0 aromatic heterocycles. The molecule has 18 heavy (non-hydrogen) atoms. The number of aromatic hydroxyl groups is 1. The molecule has 1 aromatic carbocycles. The first-order chi connectivity index (χ1) is 8.69. The van der Waals surface area contributed by atoms with Crippen molar-refractivity contribution >= 4 is 0 Å². The molecule has 4 nitrogen and oxygen atoms in total. The molecule has 0 spiro atoms. The number of piperidine rings is 1. The maximum absolute atomic E-state index is 9.87. The molecule has 1 aromatic rings. The zero-order chi connectivity index (χ0) is 13.0. The van der Waals surface area contributed by atoms with Crippen molar-refractivity contribution in [2.24, 2.45) is 0 Å². The largest absolute Gasteiger partial charge is 0.507 e. The molecule has 1 unspecified atom stereocenters. The predicted octanol–water partition coefficient (Wildman–Crippen LogP) is 1.58. The average Bonchev–Trinajstić information content (AvgIpc) is 2.37. The van der Waals surface area contributed by atoms with Gasteiger partial charge in [-0.25, -0.2) is 0 Å². The zero-order valence-electron chi connectivity index (χ0n) is 11.1. The van der Waals surface area contributed by atoms with Gasteiger partial charge >= 0.3 is 0 Å². The van der Waals surface area contributed by atoms with E-state index in [9.17, 15) is 5.11 Å². The molecule has 100 valence electrons. The number of hydrogen-bond donors (Lipinski definition) is 2. The lowest BCUT2D eigenvalue weighted by Crippen LogP contribution is -2.43. The fourth-order valence-electron chi connectivity index (χ4n) is 2.41. The van der Waals surface area contributed by atoms with Crippen LogP contribution in [-0.4, -0.2) is 43.3 Å². The van der Waals surface area contributed by atoms with Gasteiger partial charge in [-0.05, 0) is 32.5 Å². The third-order valence-corrected chi connectivity index (χ3v) is 3.50. The minimum absolute atomic E-state index is 0.297. The van der Waals surface area contributed by atoms with E-state index in [0.717, 1.165) is 12.1 Å². The third-order valence-electron chi connectivity index (χ3n) is 3.50. The first-order valence-electron chi connectivity index (χ1n) is 6.47. The Hall–Kier alpha value is -1.26. The van der Waals surface area contributed by atoms with Gasteiger partial charge in [0.05, 0.1) is 7.11 Å². The van der Waals surface area contributed by atoms with Crippen LogP contribution in [0.15, 0.2) is 18.2 Å². The van der Waals surface area contributed by atoms with Gasteiger partial charge in [-0.2, -0.15) is 0 Å². The van der Waals surface area contributed by atoms with Crippen LogP contribution in [0, 0.1) is 0 Å². The number of ether oxygens (including phenoxy) is 1. The maximum atomic E-state index is 9.87. The monoisotopic (exact) mass is 250 g/mol. The van der Waals surface area contributed by atoms with E-state index in [0.29, 0.717) is 24.1 Å². The van der Waals surface area contributed by atoms with Gasteiger partial charge in [0.15, 0.2) is 0 Å². The number of phenols is 1. The summed E-state index contributed by atoms with van der Waals surface area (Å²) < 4.78 is 5.07. The highest BCUT2D eigenvalue weighted by atomic mass is 16.5. The Bertz CT molecular complexity index is 395. The topological polar surface area (TPSA) is 44.7 Å². The predicted molar refractivity (Wildman–Crippen MR) is 72.0 cm³/mol. The van der Waals surface area contributed by atoms with Crippen molar-refractivity contribution in [3.8, 4) is 11.5 Å². The lowest BCUT2D eigenvalue weighted by atomic mass is 10.1. The van der Waals surface area contributed by atoms with E-state index >= 15 is 0 Å². The van der Waals surface area contributed by atoms with Crippen LogP contribution >= 0.6 is 0 Å². The first kappa shape index (κ1) is 13.2. The smallest absolute Gasteiger partial charge is 0.123 e. The number of rotatable bonds is 4. The molecule has 2 N–H and O–H groups in total. The summed E-state index contributed by atoms with van der Waals surface area (Å²) in [5.74, 6) is 0.986. The standard InChI is InChI=1S/C14H22N2O2/c1-16-7-3-4-12(10-16)15-9-11-5-6-13(18-2)8-14(11)17/h5-6,8,12,15,17H,3-4,7,9-10H2,1-2H3. The van der Waals surface area contributed by atoms with E-state index in [4.69, 9.17) is 4.74 Å². The highest BCUT2D eigenvalue weighted by Gasteiger charge is 2.16. The van der Waals surface area contributed by atoms with Crippen LogP contribution in [0.4, 0.5) is 0 Å². The van der Waals surface area contributed by atoms with Gasteiger partial charge in [-0.1, -0.05) is 6.07 Å². The molecule has 0 aliphatic carbocycles. The summed E-state index contributed by atoms with van der Waals surface area (Å²) in [7, 11) is 3.75. The second kappa shape index (κ2) is 6.07. The van der Waals surface area contributed by atoms with Crippen LogP contribution in [0.25, 0.3) is 0 Å². The quantitative estimate of drug-likeness (QED) is 0.851. The molecular formula is C14H22N2O2. The summed E-state index contributed by atoms with van der Waals surface area (Å²) >= 11 is 0. The average molecular weight is 250 g/mol. The van der Waals surface area contributed by atoms with E-state index < -0.39 is 0 Å². The molecule has 0 bridgehead atoms. The Morgan fingerprint density at radius 2 is 2.33 bits per heavy atom. The number of methoxy groups -OCH3 is 1. The number of hydrogen-bond acceptors (Lipinski definition) is 4. The fraction of sp³-hybridized carbons (Fsp3) is 0.571. The van der Waals surface area contributed by atoms with E-state index in [-0.39, 0.29) is 0 Å². The summed E-state index contributed by atoms with van der Waals surface area (Å²) in [6.45, 7) is 2.97. The van der Waals surface area contributed by atoms with Gasteiger partial charge in [0.25, 0.3) is 0 Å². The highest BCUT2D eigenvalue weighted by molar-refractivity contribution is 5.39. The highest BCUT2D eigenvalue weighted by Crippen LogP contribution is 2.23. The fourth-order valence-corrected chi connectivity index (χ4v) is 2.41. The molecule has 0 radical (unpaired) electrons. The van der Waals surface area contributed by atoms with Gasteiger partial charge in [-0.15, -0.1) is 0 Å². The summed E-state index contributed by atoms with van der Waals surface area (Å²) in [5, 5.41) is 13.4. The molecule has 4 heteroatoms. The summed E-state index contributed by atoms with van der Waals surface area (Å²) in [6.07, 6.45) is 2.45. The van der Waals surface area contributed by atoms with E-state index in [2.05, 4.69) is 17.3 Å². The molecule has 0 amide bonds. The number of benzene rings is 1. The summed E-state index contributed by atoms with van der Waals surface area (Å²) in [5.41, 5.74) is 0.920.